The van der Waals surface area contributed by atoms with Gasteiger partial charge in [-0.2, -0.15) is 0 Å². The monoisotopic (exact) mass is 621 g/mol. The van der Waals surface area contributed by atoms with E-state index in [-0.39, 0.29) is 22.7 Å². The first-order chi connectivity index (χ1) is 21.3. The van der Waals surface area contributed by atoms with E-state index in [9.17, 15) is 9.90 Å². The molecule has 2 rings (SSSR count). The molecule has 0 amide bonds. The van der Waals surface area contributed by atoms with Crippen LogP contribution in [0.1, 0.15) is 180 Å². The molecule has 0 aliphatic carbocycles. The van der Waals surface area contributed by atoms with Gasteiger partial charge in [-0.25, -0.2) is 0 Å². The predicted octanol–water partition coefficient (Wildman–Crippen LogP) is 12.7. The fourth-order valence-corrected chi connectivity index (χ4v) is 6.34. The van der Waals surface area contributed by atoms with Crippen LogP contribution in [-0.2, 0) is 22.0 Å². The highest BCUT2D eigenvalue weighted by molar-refractivity contribution is 5.76. The minimum Gasteiger partial charge on any atom is -0.507 e. The molecule has 0 aromatic heterocycles. The van der Waals surface area contributed by atoms with Crippen molar-refractivity contribution in [2.75, 3.05) is 0 Å². The number of hydrogen-bond donors (Lipinski definition) is 1. The van der Waals surface area contributed by atoms with Gasteiger partial charge in [0.1, 0.15) is 11.5 Å². The molecule has 1 unspecified atom stereocenters. The van der Waals surface area contributed by atoms with Crippen LogP contribution in [0.4, 0.5) is 0 Å². The molecule has 1 atom stereocenters. The summed E-state index contributed by atoms with van der Waals surface area (Å²) in [6.07, 6.45) is 22.9. The van der Waals surface area contributed by atoms with E-state index in [1.807, 2.05) is 31.2 Å². The Morgan fingerprint density at radius 2 is 1.11 bits per heavy atom. The van der Waals surface area contributed by atoms with Crippen molar-refractivity contribution in [2.24, 2.45) is 5.92 Å². The molecule has 3 nitrogen and oxygen atoms in total. The molecule has 45 heavy (non-hydrogen) atoms. The number of ether oxygens (including phenoxy) is 1. The SMILES string of the molecule is CCCCCCCCCCCCCCCCCCC(Cc1cc(C(C)(C)C)c(O)c(C(C)(C)C)c1)C(=O)Oc1ccccc1C. The molecule has 2 aromatic carbocycles. The Hall–Kier alpha value is -2.29. The maximum Gasteiger partial charge on any atom is 0.314 e. The number of esters is 1. The number of aryl methyl sites for hydroxylation is 1. The number of rotatable bonds is 21. The third kappa shape index (κ3) is 14.8. The zero-order valence-corrected chi connectivity index (χ0v) is 30.5. The Labute approximate surface area is 278 Å². The summed E-state index contributed by atoms with van der Waals surface area (Å²) in [6.45, 7) is 17.1. The van der Waals surface area contributed by atoms with Crippen molar-refractivity contribution in [2.45, 2.75) is 182 Å². The standard InChI is InChI=1S/C42H68O3/c1-9-10-11-12-13-14-15-16-17-18-19-20-21-22-23-24-28-35(40(44)45-38-29-26-25-27-33(38)2)30-34-31-36(41(3,4)5)39(43)37(32-34)42(6,7)8/h25-27,29,31-32,35,43H,9-24,28,30H2,1-8H3. The van der Waals surface area contributed by atoms with Gasteiger partial charge in [0.05, 0.1) is 5.92 Å². The van der Waals surface area contributed by atoms with E-state index in [1.54, 1.807) is 0 Å². The molecule has 2 aromatic rings. The Morgan fingerprint density at radius 3 is 1.53 bits per heavy atom. The highest BCUT2D eigenvalue weighted by Crippen LogP contribution is 2.40. The molecular formula is C42H68O3. The van der Waals surface area contributed by atoms with Crippen molar-refractivity contribution in [3.8, 4) is 11.5 Å². The Morgan fingerprint density at radius 1 is 0.689 bits per heavy atom. The fourth-order valence-electron chi connectivity index (χ4n) is 6.34. The number of para-hydroxylation sites is 1. The molecule has 0 radical (unpaired) electrons. The Bertz CT molecular complexity index is 1080. The molecule has 0 spiro atoms. The Balaban J connectivity index is 1.91. The minimum absolute atomic E-state index is 0.145. The first-order valence-electron chi connectivity index (χ1n) is 18.5. The van der Waals surface area contributed by atoms with Crippen LogP contribution in [0.25, 0.3) is 0 Å². The van der Waals surface area contributed by atoms with Crippen LogP contribution in [0.15, 0.2) is 36.4 Å². The van der Waals surface area contributed by atoms with Gasteiger partial charge in [0, 0.05) is 0 Å². The first kappa shape index (κ1) is 38.9. The summed E-state index contributed by atoms with van der Waals surface area (Å²) in [6, 6.07) is 12.0. The summed E-state index contributed by atoms with van der Waals surface area (Å²) >= 11 is 0. The number of benzene rings is 2. The second-order valence-corrected chi connectivity index (χ2v) is 15.7. The number of aromatic hydroxyl groups is 1. The molecule has 254 valence electrons. The van der Waals surface area contributed by atoms with Gasteiger partial charge >= 0.3 is 5.97 Å². The summed E-state index contributed by atoms with van der Waals surface area (Å²) in [5, 5.41) is 11.2. The Kier molecular flexibility index (Phi) is 17.3. The number of phenols is 1. The molecule has 1 N–H and O–H groups in total. The van der Waals surface area contributed by atoms with Gasteiger partial charge in [-0.1, -0.05) is 182 Å². The van der Waals surface area contributed by atoms with Crippen molar-refractivity contribution >= 4 is 5.97 Å². The van der Waals surface area contributed by atoms with E-state index in [0.717, 1.165) is 41.5 Å². The van der Waals surface area contributed by atoms with Crippen molar-refractivity contribution in [1.29, 1.82) is 0 Å². The van der Waals surface area contributed by atoms with Crippen LogP contribution < -0.4 is 4.74 Å². The largest absolute Gasteiger partial charge is 0.507 e. The second kappa shape index (κ2) is 20.1. The van der Waals surface area contributed by atoms with Crippen LogP contribution in [0.2, 0.25) is 0 Å². The van der Waals surface area contributed by atoms with Gasteiger partial charge < -0.3 is 9.84 Å². The minimum atomic E-state index is -0.221. The van der Waals surface area contributed by atoms with E-state index in [4.69, 9.17) is 4.74 Å². The molecule has 0 aliphatic rings. The molecule has 0 saturated carbocycles. The molecule has 0 fully saturated rings. The lowest BCUT2D eigenvalue weighted by Crippen LogP contribution is -2.24. The quantitative estimate of drug-likeness (QED) is 0.0858. The maximum absolute atomic E-state index is 13.6. The third-order valence-corrected chi connectivity index (χ3v) is 9.31. The van der Waals surface area contributed by atoms with Gasteiger partial charge in [0.15, 0.2) is 0 Å². The lowest BCUT2D eigenvalue weighted by atomic mass is 9.77. The van der Waals surface area contributed by atoms with E-state index >= 15 is 0 Å². The van der Waals surface area contributed by atoms with Gasteiger partial charge in [-0.15, -0.1) is 0 Å². The average molecular weight is 621 g/mol. The smallest absolute Gasteiger partial charge is 0.314 e. The normalized spacial score (nSPS) is 12.8. The van der Waals surface area contributed by atoms with Crippen LogP contribution in [0, 0.1) is 12.8 Å². The predicted molar refractivity (Wildman–Crippen MR) is 194 cm³/mol. The van der Waals surface area contributed by atoms with E-state index < -0.39 is 0 Å². The summed E-state index contributed by atoms with van der Waals surface area (Å²) in [4.78, 5) is 13.6. The van der Waals surface area contributed by atoms with Crippen LogP contribution >= 0.6 is 0 Å². The van der Waals surface area contributed by atoms with E-state index in [2.05, 4.69) is 60.6 Å². The van der Waals surface area contributed by atoms with E-state index in [0.29, 0.717) is 17.9 Å². The molecule has 3 heteroatoms. The zero-order chi connectivity index (χ0) is 33.3. The number of carbonyl (C=O) groups is 1. The fraction of sp³-hybridized carbons (Fsp3) is 0.690. The van der Waals surface area contributed by atoms with Gasteiger partial charge in [0.25, 0.3) is 0 Å². The van der Waals surface area contributed by atoms with Crippen LogP contribution in [0.3, 0.4) is 0 Å². The summed E-state index contributed by atoms with van der Waals surface area (Å²) in [7, 11) is 0. The van der Waals surface area contributed by atoms with Gasteiger partial charge in [-0.05, 0) is 58.9 Å². The van der Waals surface area contributed by atoms with Crippen molar-refractivity contribution in [3.63, 3.8) is 0 Å². The van der Waals surface area contributed by atoms with Crippen molar-refractivity contribution in [1.82, 2.24) is 0 Å². The number of phenolic OH excluding ortho intramolecular Hbond substituents is 1. The summed E-state index contributed by atoms with van der Waals surface area (Å²) in [5.41, 5.74) is 3.56. The lowest BCUT2D eigenvalue weighted by Gasteiger charge is -2.29. The third-order valence-electron chi connectivity index (χ3n) is 9.31. The van der Waals surface area contributed by atoms with Crippen molar-refractivity contribution < 1.29 is 14.6 Å². The van der Waals surface area contributed by atoms with Gasteiger partial charge in [-0.3, -0.25) is 4.79 Å². The molecule has 0 aliphatic heterocycles. The second-order valence-electron chi connectivity index (χ2n) is 15.7. The topological polar surface area (TPSA) is 46.5 Å². The van der Waals surface area contributed by atoms with Crippen LogP contribution in [-0.4, -0.2) is 11.1 Å². The molecule has 0 saturated heterocycles. The number of carbonyl (C=O) groups excluding carboxylic acids is 1. The zero-order valence-electron chi connectivity index (χ0n) is 30.5. The molecule has 0 heterocycles. The number of unbranched alkanes of at least 4 members (excludes halogenated alkanes) is 15. The summed E-state index contributed by atoms with van der Waals surface area (Å²) < 4.78 is 5.99. The highest BCUT2D eigenvalue weighted by Gasteiger charge is 2.28. The van der Waals surface area contributed by atoms with Gasteiger partial charge in [0.2, 0.25) is 0 Å². The first-order valence-corrected chi connectivity index (χ1v) is 18.5. The van der Waals surface area contributed by atoms with Crippen molar-refractivity contribution in [3.05, 3.63) is 58.7 Å². The average Bonchev–Trinajstić information content (AvgIpc) is 2.97. The summed E-state index contributed by atoms with van der Waals surface area (Å²) in [5.74, 6) is 0.668. The lowest BCUT2D eigenvalue weighted by molar-refractivity contribution is -0.139. The van der Waals surface area contributed by atoms with E-state index in [1.165, 1.54) is 89.9 Å². The maximum atomic E-state index is 13.6. The molecular weight excluding hydrogens is 552 g/mol. The number of hydrogen-bond acceptors (Lipinski definition) is 3. The molecule has 0 bridgehead atoms. The highest BCUT2D eigenvalue weighted by atomic mass is 16.5. The van der Waals surface area contributed by atoms with Crippen LogP contribution in [0.5, 0.6) is 11.5 Å².